The van der Waals surface area contributed by atoms with E-state index in [1.165, 1.54) is 19.2 Å². The molecule has 0 radical (unpaired) electrons. The second kappa shape index (κ2) is 6.72. The Hall–Kier alpha value is -1.86. The van der Waals surface area contributed by atoms with Crippen molar-refractivity contribution in [1.29, 1.82) is 0 Å². The number of aryl methyl sites for hydroxylation is 2. The molecule has 0 fully saturated rings. The maximum absolute atomic E-state index is 12.6. The van der Waals surface area contributed by atoms with Crippen molar-refractivity contribution in [2.45, 2.75) is 18.7 Å². The van der Waals surface area contributed by atoms with Gasteiger partial charge >= 0.3 is 5.97 Å². The van der Waals surface area contributed by atoms with Crippen molar-refractivity contribution >= 4 is 37.6 Å². The molecule has 7 heteroatoms. The fraction of sp³-hybridized carbons (Fsp3) is 0.188. The van der Waals surface area contributed by atoms with Crippen molar-refractivity contribution in [2.75, 3.05) is 11.8 Å². The summed E-state index contributed by atoms with van der Waals surface area (Å²) in [4.78, 5) is 12.0. The summed E-state index contributed by atoms with van der Waals surface area (Å²) in [5, 5.41) is 0. The lowest BCUT2D eigenvalue weighted by atomic mass is 10.2. The Kier molecular flexibility index (Phi) is 5.11. The Morgan fingerprint density at radius 2 is 1.83 bits per heavy atom. The second-order valence-corrected chi connectivity index (χ2v) is 7.62. The Morgan fingerprint density at radius 3 is 2.48 bits per heavy atom. The van der Waals surface area contributed by atoms with E-state index in [2.05, 4.69) is 20.7 Å². The van der Waals surface area contributed by atoms with Crippen LogP contribution in [0.15, 0.2) is 45.8 Å². The average Bonchev–Trinajstić information content (AvgIpc) is 2.50. The van der Waals surface area contributed by atoms with E-state index in [-0.39, 0.29) is 16.1 Å². The quantitative estimate of drug-likeness (QED) is 0.798. The highest BCUT2D eigenvalue weighted by Crippen LogP contribution is 2.26. The van der Waals surface area contributed by atoms with E-state index in [1.807, 2.05) is 13.0 Å². The molecule has 0 spiro atoms. The fourth-order valence-corrected chi connectivity index (χ4v) is 3.85. The zero-order chi connectivity index (χ0) is 17.2. The number of hydrogen-bond donors (Lipinski definition) is 1. The number of anilines is 1. The van der Waals surface area contributed by atoms with Crippen LogP contribution in [0.25, 0.3) is 0 Å². The molecule has 0 aromatic heterocycles. The third-order valence-corrected chi connectivity index (χ3v) is 5.27. The zero-order valence-electron chi connectivity index (χ0n) is 12.9. The van der Waals surface area contributed by atoms with E-state index in [9.17, 15) is 13.2 Å². The first-order valence-corrected chi connectivity index (χ1v) is 9.00. The Morgan fingerprint density at radius 1 is 1.13 bits per heavy atom. The van der Waals surface area contributed by atoms with Gasteiger partial charge in [-0.25, -0.2) is 13.2 Å². The topological polar surface area (TPSA) is 72.5 Å². The first kappa shape index (κ1) is 17.5. The highest BCUT2D eigenvalue weighted by atomic mass is 79.9. The van der Waals surface area contributed by atoms with Gasteiger partial charge in [-0.1, -0.05) is 28.1 Å². The molecule has 0 unspecified atom stereocenters. The number of rotatable bonds is 4. The van der Waals surface area contributed by atoms with E-state index < -0.39 is 16.0 Å². The van der Waals surface area contributed by atoms with Gasteiger partial charge in [0.15, 0.2) is 0 Å². The molecule has 23 heavy (non-hydrogen) atoms. The number of benzene rings is 2. The maximum Gasteiger partial charge on any atom is 0.340 e. The molecule has 0 saturated carbocycles. The number of esters is 1. The van der Waals surface area contributed by atoms with E-state index in [4.69, 9.17) is 4.74 Å². The molecule has 0 saturated heterocycles. The lowest BCUT2D eigenvalue weighted by Gasteiger charge is -2.14. The van der Waals surface area contributed by atoms with Crippen molar-refractivity contribution in [3.63, 3.8) is 0 Å². The number of nitrogens with one attached hydrogen (secondary N) is 1. The lowest BCUT2D eigenvalue weighted by Crippen LogP contribution is -2.17. The molecule has 0 aliphatic rings. The average molecular weight is 398 g/mol. The van der Waals surface area contributed by atoms with Crippen LogP contribution >= 0.6 is 15.9 Å². The van der Waals surface area contributed by atoms with Gasteiger partial charge in [-0.05, 0) is 49.2 Å². The number of ether oxygens (including phenoxy) is 1. The van der Waals surface area contributed by atoms with Gasteiger partial charge in [-0.2, -0.15) is 0 Å². The molecular formula is C16H16BrNO4S. The van der Waals surface area contributed by atoms with Crippen molar-refractivity contribution in [3.8, 4) is 0 Å². The highest BCUT2D eigenvalue weighted by molar-refractivity contribution is 9.10. The largest absolute Gasteiger partial charge is 0.465 e. The van der Waals surface area contributed by atoms with Gasteiger partial charge < -0.3 is 4.74 Å². The Balaban J connectivity index is 2.49. The molecule has 2 aromatic rings. The van der Waals surface area contributed by atoms with Crippen LogP contribution in [-0.2, 0) is 14.8 Å². The minimum atomic E-state index is -3.82. The van der Waals surface area contributed by atoms with Crippen molar-refractivity contribution in [1.82, 2.24) is 0 Å². The van der Waals surface area contributed by atoms with Crippen LogP contribution in [-0.4, -0.2) is 21.5 Å². The van der Waals surface area contributed by atoms with E-state index in [0.29, 0.717) is 10.0 Å². The van der Waals surface area contributed by atoms with E-state index >= 15 is 0 Å². The number of carbonyl (C=O) groups is 1. The minimum absolute atomic E-state index is 0.135. The molecule has 2 aromatic carbocycles. The summed E-state index contributed by atoms with van der Waals surface area (Å²) in [7, 11) is -2.57. The first-order valence-electron chi connectivity index (χ1n) is 6.72. The number of sulfonamides is 1. The van der Waals surface area contributed by atoms with Crippen LogP contribution in [0.3, 0.4) is 0 Å². The highest BCUT2D eigenvalue weighted by Gasteiger charge is 2.21. The molecule has 0 aliphatic carbocycles. The van der Waals surface area contributed by atoms with Gasteiger partial charge in [0.05, 0.1) is 23.3 Å². The van der Waals surface area contributed by atoms with Crippen LogP contribution in [0.5, 0.6) is 0 Å². The van der Waals surface area contributed by atoms with Crippen LogP contribution in [0.2, 0.25) is 0 Å². The molecule has 0 atom stereocenters. The summed E-state index contributed by atoms with van der Waals surface area (Å²) in [5.74, 6) is -0.620. The number of methoxy groups -OCH3 is 1. The smallest absolute Gasteiger partial charge is 0.340 e. The van der Waals surface area contributed by atoms with Crippen LogP contribution in [0, 0.1) is 13.8 Å². The standard InChI is InChI=1S/C16H16BrNO4S/c1-10-4-5-11(2)15(8-10)23(20,21)18-14-7-6-12(17)9-13(14)16(19)22-3/h4-9,18H,1-3H3. The fourth-order valence-electron chi connectivity index (χ4n) is 2.08. The Labute approximate surface area is 143 Å². The van der Waals surface area contributed by atoms with E-state index in [1.54, 1.807) is 25.1 Å². The minimum Gasteiger partial charge on any atom is -0.465 e. The third-order valence-electron chi connectivity index (χ3n) is 3.26. The molecule has 5 nitrogen and oxygen atoms in total. The SMILES string of the molecule is COC(=O)c1cc(Br)ccc1NS(=O)(=O)c1cc(C)ccc1C. The molecular weight excluding hydrogens is 382 g/mol. The zero-order valence-corrected chi connectivity index (χ0v) is 15.3. The molecule has 2 rings (SSSR count). The summed E-state index contributed by atoms with van der Waals surface area (Å²) < 4.78 is 33.1. The first-order chi connectivity index (χ1) is 10.7. The summed E-state index contributed by atoms with van der Waals surface area (Å²) in [6.45, 7) is 3.54. The monoisotopic (exact) mass is 397 g/mol. The van der Waals surface area contributed by atoms with Crippen LogP contribution in [0.4, 0.5) is 5.69 Å². The number of carbonyl (C=O) groups excluding carboxylic acids is 1. The lowest BCUT2D eigenvalue weighted by molar-refractivity contribution is 0.0602. The van der Waals surface area contributed by atoms with Crippen molar-refractivity contribution in [3.05, 3.63) is 57.6 Å². The van der Waals surface area contributed by atoms with Gasteiger partial charge in [0.1, 0.15) is 0 Å². The summed E-state index contributed by atoms with van der Waals surface area (Å²) in [5.41, 5.74) is 1.76. The number of halogens is 1. The van der Waals surface area contributed by atoms with Gasteiger partial charge in [-0.3, -0.25) is 4.72 Å². The van der Waals surface area contributed by atoms with Crippen molar-refractivity contribution < 1.29 is 17.9 Å². The molecule has 0 heterocycles. The summed E-state index contributed by atoms with van der Waals surface area (Å²) in [6, 6.07) is 9.84. The molecule has 0 amide bonds. The second-order valence-electron chi connectivity index (χ2n) is 5.06. The number of hydrogen-bond acceptors (Lipinski definition) is 4. The molecule has 1 N–H and O–H groups in total. The van der Waals surface area contributed by atoms with Gasteiger partial charge in [0.2, 0.25) is 0 Å². The Bertz CT molecular complexity index is 862. The molecule has 0 aliphatic heterocycles. The predicted molar refractivity (Wildman–Crippen MR) is 92.2 cm³/mol. The molecule has 122 valence electrons. The summed E-state index contributed by atoms with van der Waals surface area (Å²) in [6.07, 6.45) is 0. The normalized spacial score (nSPS) is 11.1. The van der Waals surface area contributed by atoms with E-state index in [0.717, 1.165) is 5.56 Å². The van der Waals surface area contributed by atoms with Crippen LogP contribution < -0.4 is 4.72 Å². The maximum atomic E-state index is 12.6. The van der Waals surface area contributed by atoms with Crippen LogP contribution in [0.1, 0.15) is 21.5 Å². The van der Waals surface area contributed by atoms with Gasteiger partial charge in [-0.15, -0.1) is 0 Å². The van der Waals surface area contributed by atoms with Gasteiger partial charge in [0.25, 0.3) is 10.0 Å². The van der Waals surface area contributed by atoms with Gasteiger partial charge in [0, 0.05) is 4.47 Å². The molecule has 0 bridgehead atoms. The summed E-state index contributed by atoms with van der Waals surface area (Å²) >= 11 is 3.25. The van der Waals surface area contributed by atoms with Crippen molar-refractivity contribution in [2.24, 2.45) is 0 Å². The third kappa shape index (κ3) is 3.92. The predicted octanol–water partition coefficient (Wildman–Crippen LogP) is 3.65.